The molecule has 1 amide bonds. The van der Waals surface area contributed by atoms with E-state index >= 15 is 0 Å². The van der Waals surface area contributed by atoms with E-state index in [2.05, 4.69) is 52.6 Å². The van der Waals surface area contributed by atoms with Gasteiger partial charge in [0, 0.05) is 31.5 Å². The van der Waals surface area contributed by atoms with Crippen LogP contribution in [0.5, 0.6) is 0 Å². The quantitative estimate of drug-likeness (QED) is 0.514. The fraction of sp³-hybridized carbons (Fsp3) is 0.571. The first-order valence-electron chi connectivity index (χ1n) is 9.25. The van der Waals surface area contributed by atoms with E-state index in [1.807, 2.05) is 29.2 Å². The van der Waals surface area contributed by atoms with E-state index in [1.165, 1.54) is 5.56 Å². The largest absolute Gasteiger partial charge is 0.416 e. The predicted octanol–water partition coefficient (Wildman–Crippen LogP) is 4.86. The van der Waals surface area contributed by atoms with Gasteiger partial charge in [-0.3, -0.25) is 4.79 Å². The molecule has 0 saturated carbocycles. The molecule has 1 aliphatic heterocycles. The molecule has 25 heavy (non-hydrogen) atoms. The van der Waals surface area contributed by atoms with E-state index in [0.717, 1.165) is 13.0 Å². The Morgan fingerprint density at radius 1 is 1.32 bits per heavy atom. The van der Waals surface area contributed by atoms with Gasteiger partial charge in [0.1, 0.15) is 0 Å². The van der Waals surface area contributed by atoms with Crippen LogP contribution in [-0.2, 0) is 15.8 Å². The number of nitrogens with zero attached hydrogens (tertiary/aromatic N) is 1. The maximum atomic E-state index is 12.9. The third kappa shape index (κ3) is 4.82. The van der Waals surface area contributed by atoms with Gasteiger partial charge < -0.3 is 9.33 Å². The van der Waals surface area contributed by atoms with Gasteiger partial charge in [-0.15, -0.1) is 6.58 Å². The van der Waals surface area contributed by atoms with Crippen LogP contribution in [0.3, 0.4) is 0 Å². The first kappa shape index (κ1) is 19.9. The van der Waals surface area contributed by atoms with Crippen molar-refractivity contribution in [1.29, 1.82) is 0 Å². The molecule has 2 atom stereocenters. The molecule has 1 unspecified atom stereocenters. The lowest BCUT2D eigenvalue weighted by atomic mass is 9.92. The Morgan fingerprint density at radius 2 is 1.96 bits per heavy atom. The molecule has 1 aliphatic rings. The standard InChI is InChI=1S/C21H33NO2Si/c1-7-18(16-24-25(5,6)21(2,3)4)19-13-14-22(20(19)23)15-17-11-9-8-10-12-17/h7-12,18-19H,1,13-16H2,2-6H3/t18?,19-/m1/s1. The molecule has 1 aromatic carbocycles. The summed E-state index contributed by atoms with van der Waals surface area (Å²) in [6.45, 7) is 17.3. The van der Waals surface area contributed by atoms with Gasteiger partial charge in [0.15, 0.2) is 8.32 Å². The van der Waals surface area contributed by atoms with Crippen LogP contribution in [0, 0.1) is 11.8 Å². The average Bonchev–Trinajstić information content (AvgIpc) is 2.89. The van der Waals surface area contributed by atoms with E-state index in [4.69, 9.17) is 4.43 Å². The monoisotopic (exact) mass is 359 g/mol. The van der Waals surface area contributed by atoms with Gasteiger partial charge in [-0.1, -0.05) is 57.2 Å². The van der Waals surface area contributed by atoms with Crippen molar-refractivity contribution in [3.8, 4) is 0 Å². The third-order valence-electron chi connectivity index (χ3n) is 5.82. The molecule has 1 fully saturated rings. The van der Waals surface area contributed by atoms with Crippen molar-refractivity contribution in [3.63, 3.8) is 0 Å². The summed E-state index contributed by atoms with van der Waals surface area (Å²) in [6, 6.07) is 10.2. The summed E-state index contributed by atoms with van der Waals surface area (Å²) in [5.74, 6) is 0.348. The van der Waals surface area contributed by atoms with Crippen LogP contribution in [0.2, 0.25) is 18.1 Å². The second kappa shape index (κ2) is 7.88. The number of carbonyl (C=O) groups is 1. The Labute approximate surface area is 154 Å². The number of rotatable bonds is 7. The number of amides is 1. The fourth-order valence-corrected chi connectivity index (χ4v) is 4.03. The van der Waals surface area contributed by atoms with Crippen molar-refractivity contribution < 1.29 is 9.22 Å². The zero-order valence-electron chi connectivity index (χ0n) is 16.4. The van der Waals surface area contributed by atoms with Crippen LogP contribution in [0.1, 0.15) is 32.8 Å². The first-order chi connectivity index (χ1) is 11.7. The molecule has 0 N–H and O–H groups in total. The van der Waals surface area contributed by atoms with Crippen molar-refractivity contribution in [3.05, 3.63) is 48.6 Å². The van der Waals surface area contributed by atoms with Crippen molar-refractivity contribution in [2.45, 2.75) is 51.9 Å². The maximum Gasteiger partial charge on any atom is 0.226 e. The van der Waals surface area contributed by atoms with Gasteiger partial charge in [-0.2, -0.15) is 0 Å². The minimum absolute atomic E-state index is 0.00554. The summed E-state index contributed by atoms with van der Waals surface area (Å²) in [5, 5.41) is 0.178. The zero-order chi connectivity index (χ0) is 18.7. The van der Waals surface area contributed by atoms with Crippen LogP contribution < -0.4 is 0 Å². The number of hydrogen-bond donors (Lipinski definition) is 0. The van der Waals surface area contributed by atoms with Gasteiger partial charge in [-0.05, 0) is 30.1 Å². The fourth-order valence-electron chi connectivity index (χ4n) is 2.99. The predicted molar refractivity (Wildman–Crippen MR) is 107 cm³/mol. The van der Waals surface area contributed by atoms with Gasteiger partial charge >= 0.3 is 0 Å². The Balaban J connectivity index is 1.97. The smallest absolute Gasteiger partial charge is 0.226 e. The lowest BCUT2D eigenvalue weighted by Gasteiger charge is -2.37. The van der Waals surface area contributed by atoms with E-state index in [1.54, 1.807) is 0 Å². The van der Waals surface area contributed by atoms with Crippen molar-refractivity contribution in [2.24, 2.45) is 11.8 Å². The second-order valence-electron chi connectivity index (χ2n) is 8.61. The highest BCUT2D eigenvalue weighted by atomic mass is 28.4. The Kier molecular flexibility index (Phi) is 6.28. The molecule has 4 heteroatoms. The van der Waals surface area contributed by atoms with E-state index in [0.29, 0.717) is 13.2 Å². The van der Waals surface area contributed by atoms with E-state index < -0.39 is 8.32 Å². The average molecular weight is 360 g/mol. The molecule has 0 radical (unpaired) electrons. The van der Waals surface area contributed by atoms with Crippen LogP contribution in [0.25, 0.3) is 0 Å². The summed E-state index contributed by atoms with van der Waals surface area (Å²) < 4.78 is 6.36. The summed E-state index contributed by atoms with van der Waals surface area (Å²) in [7, 11) is -1.81. The lowest BCUT2D eigenvalue weighted by molar-refractivity contribution is -0.132. The molecule has 1 heterocycles. The van der Waals surface area contributed by atoms with Crippen molar-refractivity contribution in [1.82, 2.24) is 4.90 Å². The molecular formula is C21H33NO2Si. The molecule has 3 nitrogen and oxygen atoms in total. The highest BCUT2D eigenvalue weighted by molar-refractivity contribution is 6.74. The lowest BCUT2D eigenvalue weighted by Crippen LogP contribution is -2.42. The molecule has 0 aliphatic carbocycles. The Hall–Kier alpha value is -1.39. The molecule has 0 bridgehead atoms. The number of benzene rings is 1. The Bertz CT molecular complexity index is 592. The zero-order valence-corrected chi connectivity index (χ0v) is 17.4. The normalized spacial score (nSPS) is 20.0. The molecule has 1 aromatic rings. The van der Waals surface area contributed by atoms with Gasteiger partial charge in [0.05, 0.1) is 0 Å². The summed E-state index contributed by atoms with van der Waals surface area (Å²) in [4.78, 5) is 14.8. The third-order valence-corrected chi connectivity index (χ3v) is 10.3. The van der Waals surface area contributed by atoms with Gasteiger partial charge in [0.25, 0.3) is 0 Å². The van der Waals surface area contributed by atoms with Crippen LogP contribution >= 0.6 is 0 Å². The highest BCUT2D eigenvalue weighted by Crippen LogP contribution is 2.38. The minimum atomic E-state index is -1.81. The number of hydrogen-bond acceptors (Lipinski definition) is 2. The van der Waals surface area contributed by atoms with Crippen LogP contribution in [0.15, 0.2) is 43.0 Å². The first-order valence-corrected chi connectivity index (χ1v) is 12.2. The summed E-state index contributed by atoms with van der Waals surface area (Å²) in [5.41, 5.74) is 1.18. The SMILES string of the molecule is C=CC(CO[Si](C)(C)C(C)(C)C)[C@H]1CCN(Cc2ccccc2)C1=O. The molecular weight excluding hydrogens is 326 g/mol. The minimum Gasteiger partial charge on any atom is -0.416 e. The van der Waals surface area contributed by atoms with Crippen molar-refractivity contribution in [2.75, 3.05) is 13.2 Å². The molecule has 1 saturated heterocycles. The molecule has 138 valence electrons. The van der Waals surface area contributed by atoms with Crippen molar-refractivity contribution >= 4 is 14.2 Å². The van der Waals surface area contributed by atoms with Gasteiger partial charge in [0.2, 0.25) is 5.91 Å². The molecule has 0 spiro atoms. The summed E-state index contributed by atoms with van der Waals surface area (Å²) >= 11 is 0. The molecule has 2 rings (SSSR count). The summed E-state index contributed by atoms with van der Waals surface area (Å²) in [6.07, 6.45) is 2.81. The van der Waals surface area contributed by atoms with Gasteiger partial charge in [-0.25, -0.2) is 0 Å². The molecule has 0 aromatic heterocycles. The van der Waals surface area contributed by atoms with E-state index in [9.17, 15) is 4.79 Å². The maximum absolute atomic E-state index is 12.9. The van der Waals surface area contributed by atoms with Crippen LogP contribution in [0.4, 0.5) is 0 Å². The second-order valence-corrected chi connectivity index (χ2v) is 13.4. The Morgan fingerprint density at radius 3 is 2.52 bits per heavy atom. The topological polar surface area (TPSA) is 29.5 Å². The van der Waals surface area contributed by atoms with E-state index in [-0.39, 0.29) is 22.8 Å². The van der Waals surface area contributed by atoms with Crippen LogP contribution in [-0.4, -0.2) is 32.3 Å². The highest BCUT2D eigenvalue weighted by Gasteiger charge is 2.40. The number of carbonyl (C=O) groups excluding carboxylic acids is 1. The number of likely N-dealkylation sites (tertiary alicyclic amines) is 1.